The van der Waals surface area contributed by atoms with Crippen LogP contribution >= 0.6 is 23.1 Å². The van der Waals surface area contributed by atoms with Gasteiger partial charge in [0.05, 0.1) is 10.2 Å². The van der Waals surface area contributed by atoms with Gasteiger partial charge in [0.2, 0.25) is 5.16 Å². The summed E-state index contributed by atoms with van der Waals surface area (Å²) in [5.41, 5.74) is 0.785. The Morgan fingerprint density at radius 3 is 2.75 bits per heavy atom. The van der Waals surface area contributed by atoms with Gasteiger partial charge >= 0.3 is 6.09 Å². The lowest BCUT2D eigenvalue weighted by atomic mass is 10.1. The second-order valence-corrected chi connectivity index (χ2v) is 9.98. The van der Waals surface area contributed by atoms with E-state index in [1.54, 1.807) is 17.0 Å². The molecule has 0 radical (unpaired) electrons. The molecule has 0 aliphatic rings. The minimum absolute atomic E-state index is 0.446. The second-order valence-electron chi connectivity index (χ2n) is 7.93. The number of thiazole rings is 1. The monoisotopic (exact) mass is 466 g/mol. The Morgan fingerprint density at radius 1 is 1.19 bits per heavy atom. The molecule has 0 saturated carbocycles. The molecule has 0 bridgehead atoms. The molecule has 0 aliphatic carbocycles. The summed E-state index contributed by atoms with van der Waals surface area (Å²) in [6.45, 7) is 5.53. The van der Waals surface area contributed by atoms with Gasteiger partial charge in [-0.3, -0.25) is 4.57 Å². The van der Waals surface area contributed by atoms with Crippen LogP contribution in [0.4, 0.5) is 9.93 Å². The van der Waals surface area contributed by atoms with Crippen LogP contribution in [-0.4, -0.2) is 51.1 Å². The molecule has 0 unspecified atom stereocenters. The zero-order chi connectivity index (χ0) is 22.5. The van der Waals surface area contributed by atoms with Crippen LogP contribution in [0.1, 0.15) is 20.8 Å². The van der Waals surface area contributed by atoms with Crippen molar-refractivity contribution >= 4 is 50.2 Å². The first-order valence-corrected chi connectivity index (χ1v) is 11.3. The largest absolute Gasteiger partial charge is 0.465 e. The maximum atomic E-state index is 11.8. The van der Waals surface area contributed by atoms with Crippen molar-refractivity contribution in [3.8, 4) is 5.82 Å². The van der Waals surface area contributed by atoms with Crippen LogP contribution < -0.4 is 4.90 Å². The van der Waals surface area contributed by atoms with Gasteiger partial charge in [0.25, 0.3) is 0 Å². The molecule has 5 rings (SSSR count). The number of fused-ring (bicyclic) bond motifs is 2. The maximum Gasteiger partial charge on any atom is 0.414 e. The first kappa shape index (κ1) is 20.4. The van der Waals surface area contributed by atoms with Crippen LogP contribution in [0.3, 0.4) is 0 Å². The van der Waals surface area contributed by atoms with Crippen LogP contribution in [0, 0.1) is 0 Å². The van der Waals surface area contributed by atoms with Gasteiger partial charge in [-0.15, -0.1) is 15.3 Å². The van der Waals surface area contributed by atoms with Gasteiger partial charge in [-0.25, -0.2) is 19.7 Å². The smallest absolute Gasteiger partial charge is 0.414 e. The van der Waals surface area contributed by atoms with Gasteiger partial charge < -0.3 is 5.11 Å². The fraction of sp³-hybridized carbons (Fsp3) is 0.200. The van der Waals surface area contributed by atoms with Crippen LogP contribution in [0.5, 0.6) is 0 Å². The Bertz CT molecular complexity index is 1440. The van der Waals surface area contributed by atoms with E-state index in [2.05, 4.69) is 25.3 Å². The summed E-state index contributed by atoms with van der Waals surface area (Å²) in [4.78, 5) is 22.6. The Kier molecular flexibility index (Phi) is 4.82. The number of rotatable bonds is 4. The molecule has 4 aromatic heterocycles. The number of anilines is 1. The van der Waals surface area contributed by atoms with E-state index >= 15 is 0 Å². The summed E-state index contributed by atoms with van der Waals surface area (Å²) in [7, 11) is 0. The van der Waals surface area contributed by atoms with E-state index in [4.69, 9.17) is 0 Å². The molecule has 0 aliphatic heterocycles. The molecule has 0 saturated heterocycles. The van der Waals surface area contributed by atoms with E-state index in [9.17, 15) is 9.90 Å². The molecule has 0 atom stereocenters. The number of hydrogen-bond donors (Lipinski definition) is 1. The fourth-order valence-electron chi connectivity index (χ4n) is 3.17. The van der Waals surface area contributed by atoms with Crippen molar-refractivity contribution < 1.29 is 9.90 Å². The van der Waals surface area contributed by atoms with E-state index in [1.807, 2.05) is 61.9 Å². The third kappa shape index (κ3) is 3.67. The van der Waals surface area contributed by atoms with Gasteiger partial charge in [-0.05, 0) is 62.9 Å². The topological polar surface area (TPSA) is 114 Å². The minimum Gasteiger partial charge on any atom is -0.465 e. The molecular weight excluding hydrogens is 448 g/mol. The van der Waals surface area contributed by atoms with Crippen LogP contribution in [0.25, 0.3) is 21.7 Å². The van der Waals surface area contributed by atoms with E-state index in [0.29, 0.717) is 21.8 Å². The predicted octanol–water partition coefficient (Wildman–Crippen LogP) is 4.35. The van der Waals surface area contributed by atoms with Gasteiger partial charge in [-0.2, -0.15) is 4.52 Å². The highest BCUT2D eigenvalue weighted by molar-refractivity contribution is 7.99. The average molecular weight is 467 g/mol. The van der Waals surface area contributed by atoms with Crippen molar-refractivity contribution in [2.75, 3.05) is 4.90 Å². The molecule has 1 aromatic carbocycles. The zero-order valence-corrected chi connectivity index (χ0v) is 19.0. The molecule has 0 spiro atoms. The number of nitrogens with zero attached hydrogens (tertiary/aromatic N) is 8. The first-order valence-electron chi connectivity index (χ1n) is 9.62. The quantitative estimate of drug-likeness (QED) is 0.416. The van der Waals surface area contributed by atoms with Crippen LogP contribution in [0.2, 0.25) is 0 Å². The molecule has 10 nitrogen and oxygen atoms in total. The highest BCUT2D eigenvalue weighted by atomic mass is 32.2. The summed E-state index contributed by atoms with van der Waals surface area (Å²) in [5, 5.41) is 23.8. The molecule has 0 fully saturated rings. The number of imidazole rings is 1. The van der Waals surface area contributed by atoms with Gasteiger partial charge in [0, 0.05) is 22.8 Å². The van der Waals surface area contributed by atoms with Gasteiger partial charge in [-0.1, -0.05) is 11.3 Å². The Hall–Kier alpha value is -3.51. The number of aromatic nitrogens is 7. The highest BCUT2D eigenvalue weighted by Crippen LogP contribution is 2.36. The predicted molar refractivity (Wildman–Crippen MR) is 122 cm³/mol. The van der Waals surface area contributed by atoms with Crippen LogP contribution in [0.15, 0.2) is 59.1 Å². The number of carbonyl (C=O) groups is 1. The maximum absolute atomic E-state index is 11.8. The van der Waals surface area contributed by atoms with Crippen molar-refractivity contribution in [1.29, 1.82) is 0 Å². The molecule has 1 N–H and O–H groups in total. The van der Waals surface area contributed by atoms with Gasteiger partial charge in [0.1, 0.15) is 6.33 Å². The second kappa shape index (κ2) is 7.57. The zero-order valence-electron chi connectivity index (χ0n) is 17.4. The van der Waals surface area contributed by atoms with E-state index in [1.165, 1.54) is 28.0 Å². The fourth-order valence-corrected chi connectivity index (χ4v) is 5.26. The number of carboxylic acid groups (broad SMARTS) is 1. The standard InChI is InChI=1S/C20H18N8O2S2/c1-20(2,3)27(19(29)30)17-22-13-5-4-12(10-14(13)32-17)31-18-24-23-15-6-7-16(25-28(15)18)26-9-8-21-11-26/h4-11H,1-3H3,(H,29,30). The molecule has 5 aromatic rings. The highest BCUT2D eigenvalue weighted by Gasteiger charge is 2.30. The van der Waals surface area contributed by atoms with E-state index in [-0.39, 0.29) is 0 Å². The molecule has 32 heavy (non-hydrogen) atoms. The number of amides is 1. The molecule has 4 heterocycles. The van der Waals surface area contributed by atoms with Crippen molar-refractivity contribution in [2.24, 2.45) is 0 Å². The normalized spacial score (nSPS) is 12.0. The number of hydrogen-bond acceptors (Lipinski definition) is 8. The first-order chi connectivity index (χ1) is 15.3. The summed E-state index contributed by atoms with van der Waals surface area (Å²) < 4.78 is 4.39. The summed E-state index contributed by atoms with van der Waals surface area (Å²) >= 11 is 2.77. The molecule has 12 heteroatoms. The third-order valence-electron chi connectivity index (χ3n) is 4.60. The van der Waals surface area contributed by atoms with E-state index in [0.717, 1.165) is 15.1 Å². The SMILES string of the molecule is CC(C)(C)N(C(=O)O)c1nc2ccc(Sc3nnc4ccc(-n5ccnc5)nn34)cc2s1. The van der Waals surface area contributed by atoms with Crippen molar-refractivity contribution in [2.45, 2.75) is 36.4 Å². The summed E-state index contributed by atoms with van der Waals surface area (Å²) in [5.74, 6) is 0.704. The Labute approximate surface area is 190 Å². The Morgan fingerprint density at radius 2 is 2.03 bits per heavy atom. The minimum atomic E-state index is -1.03. The Balaban J connectivity index is 1.49. The molecule has 162 valence electrons. The van der Waals surface area contributed by atoms with Crippen molar-refractivity contribution in [3.05, 3.63) is 49.1 Å². The van der Waals surface area contributed by atoms with Crippen molar-refractivity contribution in [1.82, 2.24) is 34.3 Å². The molecule has 1 amide bonds. The lowest BCUT2D eigenvalue weighted by molar-refractivity contribution is 0.195. The lowest BCUT2D eigenvalue weighted by Crippen LogP contribution is -2.45. The lowest BCUT2D eigenvalue weighted by Gasteiger charge is -2.30. The van der Waals surface area contributed by atoms with Gasteiger partial charge in [0.15, 0.2) is 16.6 Å². The summed E-state index contributed by atoms with van der Waals surface area (Å²) in [6, 6.07) is 9.50. The third-order valence-corrected chi connectivity index (χ3v) is 6.53. The number of benzene rings is 1. The van der Waals surface area contributed by atoms with Crippen LogP contribution in [-0.2, 0) is 0 Å². The van der Waals surface area contributed by atoms with Crippen molar-refractivity contribution in [3.63, 3.8) is 0 Å². The summed E-state index contributed by atoms with van der Waals surface area (Å²) in [6.07, 6.45) is 4.16. The van der Waals surface area contributed by atoms with E-state index < -0.39 is 11.6 Å². The average Bonchev–Trinajstić information content (AvgIpc) is 3.46. The molecular formula is C20H18N8O2S2.